The van der Waals surface area contributed by atoms with E-state index in [4.69, 9.17) is 0 Å². The Morgan fingerprint density at radius 3 is 2.83 bits per heavy atom. The van der Waals surface area contributed by atoms with Crippen molar-refractivity contribution in [1.29, 1.82) is 0 Å². The second kappa shape index (κ2) is 4.64. The number of ketones is 1. The fraction of sp³-hybridized carbons (Fsp3) is 0. The summed E-state index contributed by atoms with van der Waals surface area (Å²) in [5.41, 5.74) is 2.37. The summed E-state index contributed by atoms with van der Waals surface area (Å²) in [7, 11) is 0. The minimum atomic E-state index is 0.0371. The molecule has 1 aromatic carbocycles. The van der Waals surface area contributed by atoms with Crippen molar-refractivity contribution in [2.45, 2.75) is 0 Å². The Kier molecular flexibility index (Phi) is 3.13. The lowest BCUT2D eigenvalue weighted by molar-refractivity contribution is 0.104. The van der Waals surface area contributed by atoms with Gasteiger partial charge in [0.15, 0.2) is 5.78 Å². The summed E-state index contributed by atoms with van der Waals surface area (Å²) in [5, 5.41) is 2.80. The minimum Gasteiger partial charge on any atom is -0.360 e. The van der Waals surface area contributed by atoms with Crippen LogP contribution in [0.25, 0.3) is 10.9 Å². The summed E-state index contributed by atoms with van der Waals surface area (Å²) in [6.07, 6.45) is 1.77. The fourth-order valence-electron chi connectivity index (χ4n) is 1.90. The van der Waals surface area contributed by atoms with Crippen LogP contribution in [0, 0.1) is 0 Å². The molecule has 0 saturated carbocycles. The Balaban J connectivity index is 2.18. The first-order chi connectivity index (χ1) is 8.66. The summed E-state index contributed by atoms with van der Waals surface area (Å²) in [5.74, 6) is 0.0371. The maximum atomic E-state index is 12.4. The van der Waals surface area contributed by atoms with Crippen LogP contribution in [0.5, 0.6) is 0 Å². The van der Waals surface area contributed by atoms with Crippen molar-refractivity contribution in [3.8, 4) is 0 Å². The number of carbonyl (C=O) groups excluding carboxylic acids is 1. The van der Waals surface area contributed by atoms with Crippen molar-refractivity contribution >= 4 is 59.9 Å². The van der Waals surface area contributed by atoms with Crippen molar-refractivity contribution in [3.63, 3.8) is 0 Å². The first kappa shape index (κ1) is 12.1. The van der Waals surface area contributed by atoms with E-state index >= 15 is 0 Å². The van der Waals surface area contributed by atoms with E-state index in [0.717, 1.165) is 19.2 Å². The van der Waals surface area contributed by atoms with Crippen molar-refractivity contribution in [2.24, 2.45) is 0 Å². The third-order valence-corrected chi connectivity index (χ3v) is 4.89. The normalized spacial score (nSPS) is 11.0. The third-order valence-electron chi connectivity index (χ3n) is 2.73. The molecule has 18 heavy (non-hydrogen) atoms. The number of aromatic nitrogens is 1. The second-order valence-electron chi connectivity index (χ2n) is 3.83. The third kappa shape index (κ3) is 1.96. The van der Waals surface area contributed by atoms with Gasteiger partial charge in [-0.05, 0) is 34.1 Å². The molecule has 2 aromatic heterocycles. The molecule has 0 unspecified atom stereocenters. The molecule has 90 valence electrons. The van der Waals surface area contributed by atoms with Gasteiger partial charge in [-0.1, -0.05) is 22.0 Å². The van der Waals surface area contributed by atoms with Gasteiger partial charge >= 0.3 is 0 Å². The standard InChI is InChI=1S/C13H7Br2NOS/c14-9-2-1-3-10-12(9)8(5-16-10)13(17)7-4-11(15)18-6-7/h1-6,16H. The van der Waals surface area contributed by atoms with Gasteiger partial charge in [-0.25, -0.2) is 0 Å². The monoisotopic (exact) mass is 383 g/mol. The predicted molar refractivity (Wildman–Crippen MR) is 81.5 cm³/mol. The molecule has 0 saturated heterocycles. The lowest BCUT2D eigenvalue weighted by Crippen LogP contribution is -1.98. The first-order valence-electron chi connectivity index (χ1n) is 5.21. The van der Waals surface area contributed by atoms with Crippen molar-refractivity contribution < 1.29 is 4.79 Å². The summed E-state index contributed by atoms with van der Waals surface area (Å²) in [4.78, 5) is 15.6. The summed E-state index contributed by atoms with van der Waals surface area (Å²) in [6.45, 7) is 0. The molecule has 5 heteroatoms. The van der Waals surface area contributed by atoms with E-state index in [1.165, 1.54) is 11.3 Å². The van der Waals surface area contributed by atoms with E-state index in [1.54, 1.807) is 6.20 Å². The average Bonchev–Trinajstić information content (AvgIpc) is 2.95. The molecular weight excluding hydrogens is 378 g/mol. The number of aromatic amines is 1. The highest BCUT2D eigenvalue weighted by molar-refractivity contribution is 9.11. The van der Waals surface area contributed by atoms with Crippen molar-refractivity contribution in [2.75, 3.05) is 0 Å². The van der Waals surface area contributed by atoms with Crippen LogP contribution < -0.4 is 0 Å². The molecule has 0 aliphatic carbocycles. The number of thiophene rings is 1. The van der Waals surface area contributed by atoms with E-state index < -0.39 is 0 Å². The molecule has 2 nitrogen and oxygen atoms in total. The first-order valence-corrected chi connectivity index (χ1v) is 7.67. The van der Waals surface area contributed by atoms with Gasteiger partial charge in [0.1, 0.15) is 0 Å². The number of carbonyl (C=O) groups is 1. The van der Waals surface area contributed by atoms with Crippen LogP contribution >= 0.6 is 43.2 Å². The molecule has 0 aliphatic rings. The largest absolute Gasteiger partial charge is 0.360 e. The van der Waals surface area contributed by atoms with Gasteiger partial charge in [0, 0.05) is 38.1 Å². The van der Waals surface area contributed by atoms with E-state index in [2.05, 4.69) is 36.8 Å². The zero-order valence-corrected chi connectivity index (χ0v) is 13.0. The fourth-order valence-corrected chi connectivity index (χ4v) is 3.62. The quantitative estimate of drug-likeness (QED) is 0.620. The maximum Gasteiger partial charge on any atom is 0.196 e. The lowest BCUT2D eigenvalue weighted by atomic mass is 10.1. The Hall–Kier alpha value is -0.910. The number of hydrogen-bond donors (Lipinski definition) is 1. The number of benzene rings is 1. The smallest absolute Gasteiger partial charge is 0.196 e. The summed E-state index contributed by atoms with van der Waals surface area (Å²) in [6, 6.07) is 7.69. The molecule has 0 aliphatic heterocycles. The second-order valence-corrected chi connectivity index (χ2v) is 6.98. The van der Waals surface area contributed by atoms with E-state index in [0.29, 0.717) is 11.1 Å². The van der Waals surface area contributed by atoms with Crippen LogP contribution in [-0.2, 0) is 0 Å². The molecule has 0 radical (unpaired) electrons. The number of hydrogen-bond acceptors (Lipinski definition) is 2. The van der Waals surface area contributed by atoms with Crippen molar-refractivity contribution in [1.82, 2.24) is 4.98 Å². The molecule has 3 aromatic rings. The molecule has 0 spiro atoms. The highest BCUT2D eigenvalue weighted by Crippen LogP contribution is 2.30. The highest BCUT2D eigenvalue weighted by atomic mass is 79.9. The Morgan fingerprint density at radius 1 is 1.28 bits per heavy atom. The van der Waals surface area contributed by atoms with Gasteiger partial charge < -0.3 is 4.98 Å². The van der Waals surface area contributed by atoms with Crippen LogP contribution in [0.4, 0.5) is 0 Å². The summed E-state index contributed by atoms with van der Waals surface area (Å²) < 4.78 is 1.89. The molecule has 0 amide bonds. The molecule has 3 rings (SSSR count). The van der Waals surface area contributed by atoms with Crippen LogP contribution in [0.15, 0.2) is 44.1 Å². The summed E-state index contributed by atoms with van der Waals surface area (Å²) >= 11 is 8.38. The van der Waals surface area contributed by atoms with Crippen LogP contribution in [0.2, 0.25) is 0 Å². The number of fused-ring (bicyclic) bond motifs is 1. The Bertz CT molecular complexity index is 744. The zero-order valence-electron chi connectivity index (χ0n) is 9.04. The maximum absolute atomic E-state index is 12.4. The minimum absolute atomic E-state index is 0.0371. The van der Waals surface area contributed by atoms with Crippen LogP contribution in [0.1, 0.15) is 15.9 Å². The average molecular weight is 385 g/mol. The molecule has 1 N–H and O–H groups in total. The highest BCUT2D eigenvalue weighted by Gasteiger charge is 2.16. The lowest BCUT2D eigenvalue weighted by Gasteiger charge is -1.98. The number of H-pyrrole nitrogens is 1. The van der Waals surface area contributed by atoms with Gasteiger partial charge in [-0.3, -0.25) is 4.79 Å². The molecule has 0 fully saturated rings. The molecular formula is C13H7Br2NOS. The Labute approximate surface area is 124 Å². The van der Waals surface area contributed by atoms with Crippen molar-refractivity contribution in [3.05, 3.63) is 55.2 Å². The number of rotatable bonds is 2. The topological polar surface area (TPSA) is 32.9 Å². The van der Waals surface area contributed by atoms with E-state index in [1.807, 2.05) is 29.6 Å². The van der Waals surface area contributed by atoms with Crippen LogP contribution in [-0.4, -0.2) is 10.8 Å². The molecule has 0 atom stereocenters. The van der Waals surface area contributed by atoms with Gasteiger partial charge in [0.25, 0.3) is 0 Å². The van der Waals surface area contributed by atoms with Gasteiger partial charge in [-0.15, -0.1) is 11.3 Å². The van der Waals surface area contributed by atoms with Gasteiger partial charge in [0.2, 0.25) is 0 Å². The van der Waals surface area contributed by atoms with E-state index in [9.17, 15) is 4.79 Å². The van der Waals surface area contributed by atoms with Gasteiger partial charge in [0.05, 0.1) is 3.79 Å². The zero-order chi connectivity index (χ0) is 12.7. The SMILES string of the molecule is O=C(c1csc(Br)c1)c1c[nH]c2cccc(Br)c12. The molecule has 2 heterocycles. The number of halogens is 2. The predicted octanol–water partition coefficient (Wildman–Crippen LogP) is 4.99. The molecule has 0 bridgehead atoms. The van der Waals surface area contributed by atoms with Gasteiger partial charge in [-0.2, -0.15) is 0 Å². The number of nitrogens with one attached hydrogen (secondary N) is 1. The Morgan fingerprint density at radius 2 is 2.11 bits per heavy atom. The van der Waals surface area contributed by atoms with E-state index in [-0.39, 0.29) is 5.78 Å². The van der Waals surface area contributed by atoms with Crippen LogP contribution in [0.3, 0.4) is 0 Å².